The Morgan fingerprint density at radius 1 is 0.833 bits per heavy atom. The molecular formula is C22H27S2+. The summed E-state index contributed by atoms with van der Waals surface area (Å²) in [5.74, 6) is 0. The Bertz CT molecular complexity index is 705. The molecule has 2 aromatic carbocycles. The SMILES string of the molecule is CC(C)(C)C(C)(C)C/C=C/[S+]1c2ccccc2Sc2ccccc21. The van der Waals surface area contributed by atoms with E-state index in [0.717, 1.165) is 6.42 Å². The Hall–Kier alpha value is -1.12. The lowest BCUT2D eigenvalue weighted by Gasteiger charge is -2.38. The molecule has 0 radical (unpaired) electrons. The van der Waals surface area contributed by atoms with Crippen LogP contribution in [0.15, 0.2) is 79.6 Å². The van der Waals surface area contributed by atoms with Gasteiger partial charge in [-0.15, -0.1) is 0 Å². The molecule has 0 fully saturated rings. The maximum Gasteiger partial charge on any atom is 0.179 e. The molecule has 126 valence electrons. The number of allylic oxidation sites excluding steroid dienone is 1. The molecule has 2 aromatic rings. The summed E-state index contributed by atoms with van der Waals surface area (Å²) in [4.78, 5) is 5.73. The van der Waals surface area contributed by atoms with Gasteiger partial charge in [-0.05, 0) is 47.6 Å². The van der Waals surface area contributed by atoms with E-state index in [9.17, 15) is 0 Å². The van der Waals surface area contributed by atoms with Crippen LogP contribution in [0.1, 0.15) is 41.0 Å². The van der Waals surface area contributed by atoms with Crippen molar-refractivity contribution in [3.05, 3.63) is 60.0 Å². The molecule has 0 amide bonds. The summed E-state index contributed by atoms with van der Waals surface area (Å²) in [5.41, 5.74) is 0.592. The maximum absolute atomic E-state index is 2.45. The fourth-order valence-corrected chi connectivity index (χ4v) is 6.06. The van der Waals surface area contributed by atoms with Gasteiger partial charge in [0.1, 0.15) is 5.41 Å². The van der Waals surface area contributed by atoms with E-state index in [1.165, 1.54) is 19.6 Å². The summed E-state index contributed by atoms with van der Waals surface area (Å²) in [6, 6.07) is 17.7. The average molecular weight is 356 g/mol. The zero-order valence-electron chi connectivity index (χ0n) is 15.3. The first-order valence-electron chi connectivity index (χ1n) is 8.55. The molecule has 3 rings (SSSR count). The number of fused-ring (bicyclic) bond motifs is 2. The zero-order valence-corrected chi connectivity index (χ0v) is 16.9. The first kappa shape index (κ1) is 17.7. The second kappa shape index (κ2) is 6.65. The predicted molar refractivity (Wildman–Crippen MR) is 108 cm³/mol. The van der Waals surface area contributed by atoms with E-state index >= 15 is 0 Å². The molecule has 0 spiro atoms. The summed E-state index contributed by atoms with van der Waals surface area (Å²) in [7, 11) is 0.0426. The van der Waals surface area contributed by atoms with Crippen molar-refractivity contribution in [2.45, 2.75) is 60.6 Å². The van der Waals surface area contributed by atoms with Gasteiger partial charge >= 0.3 is 0 Å². The van der Waals surface area contributed by atoms with Crippen LogP contribution in [0, 0.1) is 10.8 Å². The van der Waals surface area contributed by atoms with Gasteiger partial charge in [-0.2, -0.15) is 0 Å². The van der Waals surface area contributed by atoms with Gasteiger partial charge in [0, 0.05) is 0 Å². The molecule has 2 heteroatoms. The molecular weight excluding hydrogens is 328 g/mol. The first-order chi connectivity index (χ1) is 11.3. The van der Waals surface area contributed by atoms with Gasteiger partial charge in [0.25, 0.3) is 0 Å². The molecule has 0 nitrogen and oxygen atoms in total. The highest BCUT2D eigenvalue weighted by atomic mass is 32.2. The Kier molecular flexibility index (Phi) is 4.90. The van der Waals surface area contributed by atoms with E-state index in [4.69, 9.17) is 0 Å². The van der Waals surface area contributed by atoms with E-state index in [-0.39, 0.29) is 16.3 Å². The lowest BCUT2D eigenvalue weighted by atomic mass is 9.67. The highest BCUT2D eigenvalue weighted by Crippen LogP contribution is 2.46. The minimum atomic E-state index is 0.0426. The summed E-state index contributed by atoms with van der Waals surface area (Å²) < 4.78 is 0. The van der Waals surface area contributed by atoms with Crippen molar-refractivity contribution in [2.24, 2.45) is 10.8 Å². The third kappa shape index (κ3) is 3.45. The maximum atomic E-state index is 2.45. The predicted octanol–water partition coefficient (Wildman–Crippen LogP) is 7.16. The lowest BCUT2D eigenvalue weighted by Crippen LogP contribution is -2.28. The summed E-state index contributed by atoms with van der Waals surface area (Å²) >= 11 is 1.90. The van der Waals surface area contributed by atoms with Gasteiger partial charge in [-0.25, -0.2) is 0 Å². The second-order valence-electron chi connectivity index (χ2n) is 8.04. The fourth-order valence-electron chi connectivity index (χ4n) is 2.56. The van der Waals surface area contributed by atoms with Gasteiger partial charge in [-0.3, -0.25) is 0 Å². The third-order valence-corrected chi connectivity index (χ3v) is 8.82. The molecule has 0 saturated heterocycles. The van der Waals surface area contributed by atoms with Crippen LogP contribution in [-0.2, 0) is 10.9 Å². The van der Waals surface area contributed by atoms with Gasteiger partial charge < -0.3 is 0 Å². The number of rotatable bonds is 3. The third-order valence-electron chi connectivity index (χ3n) is 5.28. The van der Waals surface area contributed by atoms with Crippen LogP contribution in [-0.4, -0.2) is 0 Å². The zero-order chi connectivity index (χ0) is 17.4. The van der Waals surface area contributed by atoms with Crippen molar-refractivity contribution < 1.29 is 0 Å². The Balaban J connectivity index is 1.92. The Morgan fingerprint density at radius 3 is 1.83 bits per heavy atom. The molecule has 0 unspecified atom stereocenters. The van der Waals surface area contributed by atoms with Crippen LogP contribution in [0.3, 0.4) is 0 Å². The molecule has 1 aliphatic rings. The molecule has 0 atom stereocenters. The van der Waals surface area contributed by atoms with E-state index in [1.54, 1.807) is 0 Å². The first-order valence-corrected chi connectivity index (χ1v) is 10.7. The van der Waals surface area contributed by atoms with Crippen molar-refractivity contribution in [2.75, 3.05) is 0 Å². The van der Waals surface area contributed by atoms with Gasteiger partial charge in [-0.1, -0.05) is 70.6 Å². The quantitative estimate of drug-likeness (QED) is 0.526. The van der Waals surface area contributed by atoms with E-state index < -0.39 is 0 Å². The molecule has 1 heterocycles. The highest BCUT2D eigenvalue weighted by Gasteiger charge is 2.35. The molecule has 1 aliphatic heterocycles. The summed E-state index contributed by atoms with van der Waals surface area (Å²) in [6.45, 7) is 11.8. The molecule has 0 saturated carbocycles. The van der Waals surface area contributed by atoms with Crippen LogP contribution in [0.2, 0.25) is 0 Å². The van der Waals surface area contributed by atoms with Crippen molar-refractivity contribution in [1.82, 2.24) is 0 Å². The fraction of sp³-hybridized carbons (Fsp3) is 0.364. The van der Waals surface area contributed by atoms with Crippen molar-refractivity contribution in [1.29, 1.82) is 0 Å². The summed E-state index contributed by atoms with van der Waals surface area (Å²) in [6.07, 6.45) is 3.52. The largest absolute Gasteiger partial charge is 0.179 e. The van der Waals surface area contributed by atoms with Crippen LogP contribution < -0.4 is 0 Å². The summed E-state index contributed by atoms with van der Waals surface area (Å²) in [5, 5.41) is 2.45. The van der Waals surface area contributed by atoms with E-state index in [1.807, 2.05) is 11.8 Å². The topological polar surface area (TPSA) is 0 Å². The van der Waals surface area contributed by atoms with Gasteiger partial charge in [0.2, 0.25) is 0 Å². The number of benzene rings is 2. The van der Waals surface area contributed by atoms with Crippen LogP contribution in [0.25, 0.3) is 0 Å². The Morgan fingerprint density at radius 2 is 1.33 bits per heavy atom. The van der Waals surface area contributed by atoms with Crippen LogP contribution >= 0.6 is 11.8 Å². The van der Waals surface area contributed by atoms with Crippen LogP contribution in [0.4, 0.5) is 0 Å². The highest BCUT2D eigenvalue weighted by molar-refractivity contribution is 8.05. The smallest absolute Gasteiger partial charge is 0.0795 e. The second-order valence-corrected chi connectivity index (χ2v) is 11.0. The van der Waals surface area contributed by atoms with Gasteiger partial charge in [0.15, 0.2) is 9.79 Å². The molecule has 0 bridgehead atoms. The molecule has 0 aromatic heterocycles. The average Bonchev–Trinajstić information content (AvgIpc) is 2.53. The lowest BCUT2D eigenvalue weighted by molar-refractivity contribution is 0.136. The van der Waals surface area contributed by atoms with Crippen molar-refractivity contribution in [3.63, 3.8) is 0 Å². The minimum absolute atomic E-state index is 0.0426. The molecule has 24 heavy (non-hydrogen) atoms. The van der Waals surface area contributed by atoms with Crippen molar-refractivity contribution >= 4 is 22.7 Å². The van der Waals surface area contributed by atoms with Crippen molar-refractivity contribution in [3.8, 4) is 0 Å². The van der Waals surface area contributed by atoms with E-state index in [2.05, 4.69) is 94.6 Å². The number of hydrogen-bond donors (Lipinski definition) is 0. The van der Waals surface area contributed by atoms with E-state index in [0.29, 0.717) is 5.41 Å². The normalized spacial score (nSPS) is 15.4. The minimum Gasteiger partial charge on any atom is -0.0795 e. The molecule has 0 aliphatic carbocycles. The Labute approximate surface area is 154 Å². The standard InChI is InChI=1S/C22H27S2/c1-21(2,3)22(4,5)15-10-16-24-19-13-8-6-11-17(19)23-18-12-7-9-14-20(18)24/h6-14,16H,15H2,1-5H3/q+1/b16-10+. The van der Waals surface area contributed by atoms with Crippen LogP contribution in [0.5, 0.6) is 0 Å². The van der Waals surface area contributed by atoms with Gasteiger partial charge in [0.05, 0.1) is 20.7 Å². The monoisotopic (exact) mass is 355 g/mol. The molecule has 0 N–H and O–H groups in total. The number of hydrogen-bond acceptors (Lipinski definition) is 1.